The molecule has 1 aromatic carbocycles. The Balaban J connectivity index is 1.88. The maximum atomic E-state index is 12.7. The highest BCUT2D eigenvalue weighted by Gasteiger charge is 2.11. The van der Waals surface area contributed by atoms with Crippen LogP contribution in [0.25, 0.3) is 0 Å². The molecule has 1 heterocycles. The van der Waals surface area contributed by atoms with Crippen LogP contribution in [0.3, 0.4) is 0 Å². The van der Waals surface area contributed by atoms with Gasteiger partial charge in [0.05, 0.1) is 7.11 Å². The van der Waals surface area contributed by atoms with Crippen LogP contribution in [-0.2, 0) is 0 Å². The fourth-order valence-corrected chi connectivity index (χ4v) is 3.30. The monoisotopic (exact) mass is 375 g/mol. The highest BCUT2D eigenvalue weighted by Crippen LogP contribution is 2.28. The average Bonchev–Trinajstić information content (AvgIpc) is 3.02. The van der Waals surface area contributed by atoms with Crippen molar-refractivity contribution >= 4 is 34.1 Å². The third-order valence-electron chi connectivity index (χ3n) is 2.73. The van der Waals surface area contributed by atoms with Crippen molar-refractivity contribution in [2.24, 2.45) is 0 Å². The van der Waals surface area contributed by atoms with Crippen molar-refractivity contribution in [3.8, 4) is 5.75 Å². The number of benzene rings is 1. The number of rotatable bonds is 7. The van der Waals surface area contributed by atoms with Crippen molar-refractivity contribution in [2.45, 2.75) is 10.8 Å². The highest BCUT2D eigenvalue weighted by molar-refractivity contribution is 8.01. The van der Waals surface area contributed by atoms with E-state index in [2.05, 4.69) is 15.5 Å². The third-order valence-corrected chi connectivity index (χ3v) is 4.71. The molecule has 0 saturated heterocycles. The molecule has 0 saturated carbocycles. The number of anilines is 1. The smallest absolute Gasteiger partial charge is 0.301 e. The first-order chi connectivity index (χ1) is 11.5. The molecule has 0 bridgehead atoms. The lowest BCUT2D eigenvalue weighted by Gasteiger charge is -2.02. The van der Waals surface area contributed by atoms with Crippen LogP contribution < -0.4 is 10.1 Å². The molecule has 1 N–H and O–H groups in total. The largest absolute Gasteiger partial charge is 0.497 e. The zero-order valence-corrected chi connectivity index (χ0v) is 14.0. The Labute approximate surface area is 143 Å². The molecular formula is C14H12F3N3O2S2. The summed E-state index contributed by atoms with van der Waals surface area (Å²) in [5.41, 5.74) is 0.422. The van der Waals surface area contributed by atoms with E-state index in [1.807, 2.05) is 0 Å². The molecule has 0 fully saturated rings. The zero-order chi connectivity index (χ0) is 17.5. The topological polar surface area (TPSA) is 64.1 Å². The summed E-state index contributed by atoms with van der Waals surface area (Å²) < 4.78 is 42.0. The molecule has 2 aromatic rings. The Kier molecular flexibility index (Phi) is 6.62. The molecule has 1 aromatic heterocycles. The van der Waals surface area contributed by atoms with Crippen LogP contribution in [0.5, 0.6) is 5.75 Å². The first-order valence-corrected chi connectivity index (χ1v) is 8.41. The van der Waals surface area contributed by atoms with Gasteiger partial charge in [-0.05, 0) is 24.3 Å². The van der Waals surface area contributed by atoms with E-state index < -0.39 is 11.9 Å². The van der Waals surface area contributed by atoms with Gasteiger partial charge in [0.15, 0.2) is 10.2 Å². The highest BCUT2D eigenvalue weighted by atomic mass is 32.2. The van der Waals surface area contributed by atoms with Crippen LogP contribution in [0.1, 0.15) is 16.8 Å². The standard InChI is InChI=1S/C14H12F3N3O2S2/c1-22-9-4-2-8(3-5-9)12(21)18-13-19-20-14(24-13)23-7-6-10(15)11(16)17/h2-5H,6-7H2,1H3,(H,18,19,21). The summed E-state index contributed by atoms with van der Waals surface area (Å²) in [6, 6.07) is 6.52. The van der Waals surface area contributed by atoms with Crippen molar-refractivity contribution in [3.05, 3.63) is 41.7 Å². The molecule has 128 valence electrons. The Morgan fingerprint density at radius 3 is 2.58 bits per heavy atom. The normalized spacial score (nSPS) is 10.3. The molecule has 0 atom stereocenters. The van der Waals surface area contributed by atoms with E-state index in [4.69, 9.17) is 4.74 Å². The summed E-state index contributed by atoms with van der Waals surface area (Å²) in [6.45, 7) is 0. The number of nitrogens with zero attached hydrogens (tertiary/aromatic N) is 2. The van der Waals surface area contributed by atoms with E-state index in [1.165, 1.54) is 7.11 Å². The van der Waals surface area contributed by atoms with Crippen molar-refractivity contribution in [1.29, 1.82) is 0 Å². The summed E-state index contributed by atoms with van der Waals surface area (Å²) >= 11 is 2.17. The number of allylic oxidation sites excluding steroid dienone is 1. The number of ether oxygens (including phenoxy) is 1. The van der Waals surface area contributed by atoms with Gasteiger partial charge in [-0.1, -0.05) is 23.1 Å². The number of amides is 1. The fraction of sp³-hybridized carbons (Fsp3) is 0.214. The van der Waals surface area contributed by atoms with Gasteiger partial charge in [0.25, 0.3) is 5.91 Å². The molecular weight excluding hydrogens is 363 g/mol. The van der Waals surface area contributed by atoms with Crippen LogP contribution >= 0.6 is 23.1 Å². The van der Waals surface area contributed by atoms with E-state index in [9.17, 15) is 18.0 Å². The minimum Gasteiger partial charge on any atom is -0.497 e. The Hall–Kier alpha value is -2.07. The van der Waals surface area contributed by atoms with Gasteiger partial charge >= 0.3 is 6.08 Å². The molecule has 0 unspecified atom stereocenters. The lowest BCUT2D eigenvalue weighted by atomic mass is 10.2. The van der Waals surface area contributed by atoms with Gasteiger partial charge in [0.2, 0.25) is 5.13 Å². The third kappa shape index (κ3) is 5.24. The van der Waals surface area contributed by atoms with Crippen LogP contribution in [-0.4, -0.2) is 29.0 Å². The summed E-state index contributed by atoms with van der Waals surface area (Å²) in [5.74, 6) is -1.06. The maximum absolute atomic E-state index is 12.7. The number of halogens is 3. The van der Waals surface area contributed by atoms with E-state index in [0.717, 1.165) is 23.1 Å². The lowest BCUT2D eigenvalue weighted by molar-refractivity contribution is 0.102. The first-order valence-electron chi connectivity index (χ1n) is 6.61. The van der Waals surface area contributed by atoms with Gasteiger partial charge in [-0.15, -0.1) is 10.2 Å². The van der Waals surface area contributed by atoms with Gasteiger partial charge in [-0.25, -0.2) is 4.39 Å². The second kappa shape index (κ2) is 8.69. The minimum atomic E-state index is -2.31. The second-order valence-corrected chi connectivity index (χ2v) is 6.64. The molecule has 5 nitrogen and oxygen atoms in total. The molecule has 0 aliphatic heterocycles. The van der Waals surface area contributed by atoms with Crippen molar-refractivity contribution in [2.75, 3.05) is 18.2 Å². The quantitative estimate of drug-likeness (QED) is 0.575. The lowest BCUT2D eigenvalue weighted by Crippen LogP contribution is -2.11. The number of nitrogens with one attached hydrogen (secondary N) is 1. The van der Waals surface area contributed by atoms with Gasteiger partial charge < -0.3 is 4.74 Å². The number of hydrogen-bond donors (Lipinski definition) is 1. The number of hydrogen-bond acceptors (Lipinski definition) is 6. The number of methoxy groups -OCH3 is 1. The average molecular weight is 375 g/mol. The molecule has 0 aliphatic carbocycles. The number of carbonyl (C=O) groups excluding carboxylic acids is 1. The van der Waals surface area contributed by atoms with Gasteiger partial charge in [-0.2, -0.15) is 8.78 Å². The number of aromatic nitrogens is 2. The van der Waals surface area contributed by atoms with E-state index >= 15 is 0 Å². The van der Waals surface area contributed by atoms with E-state index in [-0.39, 0.29) is 23.2 Å². The van der Waals surface area contributed by atoms with Crippen LogP contribution in [0, 0.1) is 0 Å². The Morgan fingerprint density at radius 2 is 1.96 bits per heavy atom. The summed E-state index contributed by atoms with van der Waals surface area (Å²) in [4.78, 5) is 12.0. The SMILES string of the molecule is COc1ccc(C(=O)Nc2nnc(SCCC(F)=C(F)F)s2)cc1. The number of thioether (sulfide) groups is 1. The van der Waals surface area contributed by atoms with Crippen molar-refractivity contribution in [1.82, 2.24) is 10.2 Å². The molecule has 1 amide bonds. The fourth-order valence-electron chi connectivity index (χ4n) is 1.55. The van der Waals surface area contributed by atoms with Crippen LogP contribution in [0.2, 0.25) is 0 Å². The number of carbonyl (C=O) groups is 1. The summed E-state index contributed by atoms with van der Waals surface area (Å²) in [7, 11) is 1.53. The van der Waals surface area contributed by atoms with Gasteiger partial charge in [-0.3, -0.25) is 10.1 Å². The molecule has 24 heavy (non-hydrogen) atoms. The van der Waals surface area contributed by atoms with Crippen molar-refractivity contribution < 1.29 is 22.7 Å². The minimum absolute atomic E-state index is 0.101. The van der Waals surface area contributed by atoms with Gasteiger partial charge in [0, 0.05) is 17.7 Å². The van der Waals surface area contributed by atoms with Crippen molar-refractivity contribution in [3.63, 3.8) is 0 Å². The maximum Gasteiger partial charge on any atom is 0.301 e. The van der Waals surface area contributed by atoms with Gasteiger partial charge in [0.1, 0.15) is 5.75 Å². The zero-order valence-electron chi connectivity index (χ0n) is 12.4. The van der Waals surface area contributed by atoms with E-state index in [0.29, 0.717) is 15.7 Å². The predicted molar refractivity (Wildman–Crippen MR) is 86.5 cm³/mol. The molecule has 0 spiro atoms. The Bertz CT molecular complexity index is 731. The first kappa shape index (κ1) is 18.3. The van der Waals surface area contributed by atoms with E-state index in [1.54, 1.807) is 24.3 Å². The van der Waals surface area contributed by atoms with Crippen LogP contribution in [0.4, 0.5) is 18.3 Å². The molecule has 10 heteroatoms. The Morgan fingerprint density at radius 1 is 1.25 bits per heavy atom. The second-order valence-electron chi connectivity index (χ2n) is 4.32. The molecule has 2 rings (SSSR count). The summed E-state index contributed by atoms with van der Waals surface area (Å²) in [6.07, 6.45) is -2.69. The predicted octanol–water partition coefficient (Wildman–Crippen LogP) is 4.36. The molecule has 0 radical (unpaired) electrons. The van der Waals surface area contributed by atoms with Crippen LogP contribution in [0.15, 0.2) is 40.5 Å². The molecule has 0 aliphatic rings. The summed E-state index contributed by atoms with van der Waals surface area (Å²) in [5, 5.41) is 10.4.